The number of ether oxygens (including phenoxy) is 3. The van der Waals surface area contributed by atoms with E-state index >= 15 is 0 Å². The number of benzene rings is 3. The molecule has 3 rings (SSSR count). The van der Waals surface area contributed by atoms with Crippen molar-refractivity contribution in [2.75, 3.05) is 37.0 Å². The van der Waals surface area contributed by atoms with Gasteiger partial charge in [-0.25, -0.2) is 8.42 Å². The minimum atomic E-state index is -4.03. The van der Waals surface area contributed by atoms with Crippen LogP contribution in [0, 0.1) is 6.92 Å². The molecule has 0 aromatic heterocycles. The highest BCUT2D eigenvalue weighted by Crippen LogP contribution is 2.30. The number of rotatable bonds is 10. The highest BCUT2D eigenvalue weighted by atomic mass is 32.2. The Balaban J connectivity index is 1.93. The van der Waals surface area contributed by atoms with Crippen molar-refractivity contribution in [2.45, 2.75) is 18.7 Å². The van der Waals surface area contributed by atoms with E-state index in [-0.39, 0.29) is 4.90 Å². The number of nitrogens with zero attached hydrogens (tertiary/aromatic N) is 1. The van der Waals surface area contributed by atoms with Crippen molar-refractivity contribution < 1.29 is 27.4 Å². The summed E-state index contributed by atoms with van der Waals surface area (Å²) in [6, 6.07) is 18.0. The Bertz CT molecular complexity index is 1230. The van der Waals surface area contributed by atoms with Gasteiger partial charge in [-0.15, -0.1) is 0 Å². The Morgan fingerprint density at radius 2 is 1.56 bits per heavy atom. The van der Waals surface area contributed by atoms with Gasteiger partial charge in [0.25, 0.3) is 10.0 Å². The molecule has 0 atom stereocenters. The number of methoxy groups -OCH3 is 2. The first-order chi connectivity index (χ1) is 16.3. The third-order valence-corrected chi connectivity index (χ3v) is 6.80. The first-order valence-corrected chi connectivity index (χ1v) is 12.1. The van der Waals surface area contributed by atoms with E-state index in [2.05, 4.69) is 5.32 Å². The Labute approximate surface area is 200 Å². The highest BCUT2D eigenvalue weighted by molar-refractivity contribution is 7.92. The summed E-state index contributed by atoms with van der Waals surface area (Å²) in [7, 11) is -1.03. The summed E-state index contributed by atoms with van der Waals surface area (Å²) in [5.41, 5.74) is 1.66. The minimum Gasteiger partial charge on any atom is -0.497 e. The lowest BCUT2D eigenvalue weighted by Crippen LogP contribution is -2.38. The fourth-order valence-corrected chi connectivity index (χ4v) is 4.67. The van der Waals surface area contributed by atoms with Crippen molar-refractivity contribution in [3.05, 3.63) is 72.3 Å². The predicted molar refractivity (Wildman–Crippen MR) is 131 cm³/mol. The number of hydrogen-bond donors (Lipinski definition) is 1. The average molecular weight is 485 g/mol. The maximum absolute atomic E-state index is 13.5. The summed E-state index contributed by atoms with van der Waals surface area (Å²) in [4.78, 5) is 13.1. The quantitative estimate of drug-likeness (QED) is 0.463. The molecule has 0 saturated heterocycles. The molecule has 0 saturated carbocycles. The second kappa shape index (κ2) is 10.9. The van der Waals surface area contributed by atoms with Gasteiger partial charge in [-0.2, -0.15) is 0 Å². The molecule has 0 fully saturated rings. The van der Waals surface area contributed by atoms with E-state index in [1.54, 1.807) is 54.6 Å². The Hall–Kier alpha value is -3.72. The van der Waals surface area contributed by atoms with Crippen molar-refractivity contribution in [1.82, 2.24) is 0 Å². The zero-order valence-electron chi connectivity index (χ0n) is 19.6. The molecular weight excluding hydrogens is 456 g/mol. The monoisotopic (exact) mass is 484 g/mol. The maximum atomic E-state index is 13.5. The number of amides is 1. The Kier molecular flexibility index (Phi) is 8.01. The standard InChI is InChI=1S/C25H28N2O6S/c1-5-33-20-10-8-19(9-11-20)27(34(29,30)22-13-6-18(2)7-14-22)17-25(28)26-23-15-12-21(31-3)16-24(23)32-4/h6-16H,5,17H2,1-4H3,(H,26,28). The van der Waals surface area contributed by atoms with E-state index in [0.29, 0.717) is 35.2 Å². The topological polar surface area (TPSA) is 94.2 Å². The van der Waals surface area contributed by atoms with Gasteiger partial charge in [0.05, 0.1) is 37.1 Å². The van der Waals surface area contributed by atoms with E-state index in [0.717, 1.165) is 9.87 Å². The van der Waals surface area contributed by atoms with E-state index in [9.17, 15) is 13.2 Å². The van der Waals surface area contributed by atoms with Crippen molar-refractivity contribution in [1.29, 1.82) is 0 Å². The largest absolute Gasteiger partial charge is 0.497 e. The lowest BCUT2D eigenvalue weighted by Gasteiger charge is -2.24. The van der Waals surface area contributed by atoms with Crippen molar-refractivity contribution in [3.63, 3.8) is 0 Å². The van der Waals surface area contributed by atoms with E-state index in [4.69, 9.17) is 14.2 Å². The zero-order valence-corrected chi connectivity index (χ0v) is 20.4. The molecule has 1 N–H and O–H groups in total. The van der Waals surface area contributed by atoms with Crippen LogP contribution in [0.3, 0.4) is 0 Å². The van der Waals surface area contributed by atoms with Crippen LogP contribution in [0.4, 0.5) is 11.4 Å². The van der Waals surface area contributed by atoms with Crippen LogP contribution >= 0.6 is 0 Å². The SMILES string of the molecule is CCOc1ccc(N(CC(=O)Nc2ccc(OC)cc2OC)S(=O)(=O)c2ccc(C)cc2)cc1. The van der Waals surface area contributed by atoms with Gasteiger partial charge in [0.15, 0.2) is 0 Å². The number of anilines is 2. The van der Waals surface area contributed by atoms with Crippen LogP contribution in [0.5, 0.6) is 17.2 Å². The van der Waals surface area contributed by atoms with E-state index in [1.807, 2.05) is 13.8 Å². The van der Waals surface area contributed by atoms with Crippen LogP contribution in [0.2, 0.25) is 0 Å². The van der Waals surface area contributed by atoms with E-state index in [1.165, 1.54) is 26.4 Å². The Morgan fingerprint density at radius 1 is 0.912 bits per heavy atom. The lowest BCUT2D eigenvalue weighted by molar-refractivity contribution is -0.114. The van der Waals surface area contributed by atoms with Gasteiger partial charge in [0.1, 0.15) is 23.8 Å². The number of aryl methyl sites for hydroxylation is 1. The molecule has 1 amide bonds. The van der Waals surface area contributed by atoms with Crippen LogP contribution in [0.1, 0.15) is 12.5 Å². The predicted octanol–water partition coefficient (Wildman–Crippen LogP) is 4.24. The number of nitrogens with one attached hydrogen (secondary N) is 1. The summed E-state index contributed by atoms with van der Waals surface area (Å²) in [5.74, 6) is 1.02. The molecule has 0 spiro atoms. The highest BCUT2D eigenvalue weighted by Gasteiger charge is 2.27. The first-order valence-electron chi connectivity index (χ1n) is 10.6. The molecule has 180 valence electrons. The maximum Gasteiger partial charge on any atom is 0.264 e. The molecule has 3 aromatic rings. The van der Waals surface area contributed by atoms with Crippen molar-refractivity contribution in [2.24, 2.45) is 0 Å². The molecule has 0 unspecified atom stereocenters. The molecule has 9 heteroatoms. The fraction of sp³-hybridized carbons (Fsp3) is 0.240. The third-order valence-electron chi connectivity index (χ3n) is 5.01. The smallest absolute Gasteiger partial charge is 0.264 e. The molecule has 8 nitrogen and oxygen atoms in total. The second-order valence-electron chi connectivity index (χ2n) is 7.37. The van der Waals surface area contributed by atoms with Crippen molar-refractivity contribution >= 4 is 27.3 Å². The molecule has 34 heavy (non-hydrogen) atoms. The lowest BCUT2D eigenvalue weighted by atomic mass is 10.2. The molecule has 0 aliphatic carbocycles. The molecule has 0 radical (unpaired) electrons. The van der Waals surface area contributed by atoms with Gasteiger partial charge in [-0.1, -0.05) is 17.7 Å². The third kappa shape index (κ3) is 5.79. The molecule has 0 bridgehead atoms. The molecule has 0 aliphatic rings. The molecule has 0 heterocycles. The first kappa shape index (κ1) is 24.9. The van der Waals surface area contributed by atoms with Gasteiger partial charge in [-0.3, -0.25) is 9.10 Å². The van der Waals surface area contributed by atoms with Gasteiger partial charge >= 0.3 is 0 Å². The minimum absolute atomic E-state index is 0.0850. The summed E-state index contributed by atoms with van der Waals surface area (Å²) >= 11 is 0. The summed E-state index contributed by atoms with van der Waals surface area (Å²) in [5, 5.41) is 2.73. The zero-order chi connectivity index (χ0) is 24.7. The number of carbonyl (C=O) groups excluding carboxylic acids is 1. The number of hydrogen-bond acceptors (Lipinski definition) is 6. The van der Waals surface area contributed by atoms with E-state index < -0.39 is 22.5 Å². The summed E-state index contributed by atoms with van der Waals surface area (Å²) in [6.45, 7) is 3.77. The van der Waals surface area contributed by atoms with Crippen LogP contribution in [-0.2, 0) is 14.8 Å². The number of carbonyl (C=O) groups is 1. The summed E-state index contributed by atoms with van der Waals surface area (Å²) < 4.78 is 44.1. The van der Waals surface area contributed by atoms with Crippen molar-refractivity contribution in [3.8, 4) is 17.2 Å². The molecule has 0 aliphatic heterocycles. The van der Waals surface area contributed by atoms with Crippen LogP contribution in [-0.4, -0.2) is 41.7 Å². The van der Waals surface area contributed by atoms with Crippen LogP contribution in [0.15, 0.2) is 71.6 Å². The molecular formula is C25H28N2O6S. The van der Waals surface area contributed by atoms with Crippen LogP contribution in [0.25, 0.3) is 0 Å². The van der Waals surface area contributed by atoms with Crippen LogP contribution < -0.4 is 23.8 Å². The Morgan fingerprint density at radius 3 is 2.15 bits per heavy atom. The normalized spacial score (nSPS) is 10.9. The second-order valence-corrected chi connectivity index (χ2v) is 9.23. The van der Waals surface area contributed by atoms with Gasteiger partial charge in [0.2, 0.25) is 5.91 Å². The number of sulfonamides is 1. The fourth-order valence-electron chi connectivity index (χ4n) is 3.25. The van der Waals surface area contributed by atoms with Gasteiger partial charge in [-0.05, 0) is 62.4 Å². The summed E-state index contributed by atoms with van der Waals surface area (Å²) in [6.07, 6.45) is 0. The molecule has 3 aromatic carbocycles. The van der Waals surface area contributed by atoms with Gasteiger partial charge in [0, 0.05) is 6.07 Å². The van der Waals surface area contributed by atoms with Gasteiger partial charge < -0.3 is 19.5 Å². The average Bonchev–Trinajstić information content (AvgIpc) is 2.84.